The van der Waals surface area contributed by atoms with Gasteiger partial charge in [0, 0.05) is 43.1 Å². The molecule has 6 nitrogen and oxygen atoms in total. The lowest BCUT2D eigenvalue weighted by Crippen LogP contribution is -2.31. The second-order valence-corrected chi connectivity index (χ2v) is 10.7. The second kappa shape index (κ2) is 9.50. The van der Waals surface area contributed by atoms with Crippen molar-refractivity contribution in [2.75, 3.05) is 4.90 Å². The van der Waals surface area contributed by atoms with E-state index in [9.17, 15) is 22.4 Å². The summed E-state index contributed by atoms with van der Waals surface area (Å²) in [5, 5.41) is 4.05. The predicted molar refractivity (Wildman–Crippen MR) is 137 cm³/mol. The standard InChI is InChI=1S/C29H28F4N4O2/c1-16-27(17(2)39-35-16)19-3-6-24-23(13-19)34-28(36(24)15-18-9-11-29(32,33)12-10-18)25-7-8-26(38)37(25)20-4-5-21(30)22(31)14-20/h3-6,13-14,18,25H,7-12,15H2,1-2H3. The second-order valence-electron chi connectivity index (χ2n) is 10.7. The zero-order chi connectivity index (χ0) is 27.5. The van der Waals surface area contributed by atoms with Gasteiger partial charge in [0.2, 0.25) is 11.8 Å². The normalized spacial score (nSPS) is 19.9. The van der Waals surface area contributed by atoms with E-state index in [4.69, 9.17) is 9.51 Å². The number of rotatable bonds is 5. The molecule has 0 bridgehead atoms. The maximum Gasteiger partial charge on any atom is 0.248 e. The Labute approximate surface area is 222 Å². The number of hydrogen-bond donors (Lipinski definition) is 0. The molecule has 0 radical (unpaired) electrons. The number of nitrogens with zero attached hydrogens (tertiary/aromatic N) is 4. The van der Waals surface area contributed by atoms with Gasteiger partial charge in [0.15, 0.2) is 11.6 Å². The first-order valence-corrected chi connectivity index (χ1v) is 13.2. The maximum absolute atomic E-state index is 14.1. The zero-order valence-electron chi connectivity index (χ0n) is 21.7. The van der Waals surface area contributed by atoms with Crippen LogP contribution in [0.3, 0.4) is 0 Å². The van der Waals surface area contributed by atoms with Crippen LogP contribution in [-0.2, 0) is 11.3 Å². The molecule has 1 amide bonds. The van der Waals surface area contributed by atoms with Gasteiger partial charge in [-0.15, -0.1) is 0 Å². The summed E-state index contributed by atoms with van der Waals surface area (Å²) in [6.07, 6.45) is 1.14. The van der Waals surface area contributed by atoms with Gasteiger partial charge in [0.25, 0.3) is 0 Å². The lowest BCUT2D eigenvalue weighted by Gasteiger charge is -2.30. The van der Waals surface area contributed by atoms with Gasteiger partial charge in [-0.1, -0.05) is 11.2 Å². The number of aromatic nitrogens is 3. The first-order chi connectivity index (χ1) is 18.6. The van der Waals surface area contributed by atoms with E-state index in [0.29, 0.717) is 42.9 Å². The summed E-state index contributed by atoms with van der Waals surface area (Å²) in [7, 11) is 0. The molecule has 204 valence electrons. The Hall–Kier alpha value is -3.69. The maximum atomic E-state index is 14.1. The highest BCUT2D eigenvalue weighted by molar-refractivity contribution is 5.96. The minimum Gasteiger partial charge on any atom is -0.361 e. The Kier molecular flexibility index (Phi) is 6.23. The number of aryl methyl sites for hydroxylation is 2. The van der Waals surface area contributed by atoms with Crippen molar-refractivity contribution in [3.63, 3.8) is 0 Å². The van der Waals surface area contributed by atoms with Crippen molar-refractivity contribution < 1.29 is 26.9 Å². The van der Waals surface area contributed by atoms with Crippen molar-refractivity contribution in [2.45, 2.75) is 70.9 Å². The summed E-state index contributed by atoms with van der Waals surface area (Å²) in [6, 6.07) is 8.76. The SMILES string of the molecule is Cc1noc(C)c1-c1ccc2c(c1)nc(C1CCC(=O)N1c1ccc(F)c(F)c1)n2CC1CCC(F)(F)CC1. The minimum atomic E-state index is -2.64. The molecule has 0 N–H and O–H groups in total. The largest absolute Gasteiger partial charge is 0.361 e. The van der Waals surface area contributed by atoms with Crippen LogP contribution >= 0.6 is 0 Å². The van der Waals surface area contributed by atoms with Gasteiger partial charge in [0.1, 0.15) is 11.6 Å². The number of imidazole rings is 1. The van der Waals surface area contributed by atoms with Crippen LogP contribution in [-0.4, -0.2) is 26.5 Å². The van der Waals surface area contributed by atoms with Gasteiger partial charge in [-0.25, -0.2) is 22.5 Å². The molecule has 1 saturated heterocycles. The van der Waals surface area contributed by atoms with Gasteiger partial charge in [0.05, 0.1) is 22.8 Å². The highest BCUT2D eigenvalue weighted by Gasteiger charge is 2.39. The quantitative estimate of drug-likeness (QED) is 0.250. The van der Waals surface area contributed by atoms with Crippen molar-refractivity contribution in [3.05, 3.63) is 65.3 Å². The third kappa shape index (κ3) is 4.59. The van der Waals surface area contributed by atoms with Gasteiger partial charge >= 0.3 is 0 Å². The van der Waals surface area contributed by atoms with Crippen molar-refractivity contribution >= 4 is 22.6 Å². The molecule has 1 aliphatic carbocycles. The highest BCUT2D eigenvalue weighted by atomic mass is 19.3. The van der Waals surface area contributed by atoms with Gasteiger partial charge < -0.3 is 14.0 Å². The molecule has 1 unspecified atom stereocenters. The van der Waals surface area contributed by atoms with Gasteiger partial charge in [-0.2, -0.15) is 0 Å². The van der Waals surface area contributed by atoms with E-state index in [2.05, 4.69) is 5.16 Å². The van der Waals surface area contributed by atoms with Crippen LogP contribution in [0.2, 0.25) is 0 Å². The molecule has 0 spiro atoms. The molecule has 2 aromatic heterocycles. The third-order valence-electron chi connectivity index (χ3n) is 8.07. The number of fused-ring (bicyclic) bond motifs is 1. The number of benzene rings is 2. The number of amides is 1. The summed E-state index contributed by atoms with van der Waals surface area (Å²) in [4.78, 5) is 19.4. The number of halogens is 4. The van der Waals surface area contributed by atoms with E-state index in [0.717, 1.165) is 34.5 Å². The van der Waals surface area contributed by atoms with Crippen molar-refractivity contribution in [2.24, 2.45) is 5.92 Å². The Balaban J connectivity index is 1.45. The minimum absolute atomic E-state index is 0.0248. The number of carbonyl (C=O) groups is 1. The highest BCUT2D eigenvalue weighted by Crippen LogP contribution is 2.41. The third-order valence-corrected chi connectivity index (χ3v) is 8.07. The van der Waals surface area contributed by atoms with Crippen molar-refractivity contribution in [1.29, 1.82) is 0 Å². The molecule has 6 rings (SSSR count). The molecule has 2 aromatic carbocycles. The predicted octanol–water partition coefficient (Wildman–Crippen LogP) is 7.28. The van der Waals surface area contributed by atoms with E-state index >= 15 is 0 Å². The van der Waals surface area contributed by atoms with E-state index in [1.54, 1.807) is 0 Å². The van der Waals surface area contributed by atoms with E-state index in [-0.39, 0.29) is 36.8 Å². The molecule has 39 heavy (non-hydrogen) atoms. The van der Waals surface area contributed by atoms with Crippen LogP contribution < -0.4 is 4.90 Å². The summed E-state index contributed by atoms with van der Waals surface area (Å²) in [5.41, 5.74) is 4.28. The van der Waals surface area contributed by atoms with Crippen LogP contribution in [0.25, 0.3) is 22.2 Å². The van der Waals surface area contributed by atoms with E-state index in [1.807, 2.05) is 36.6 Å². The number of carbonyl (C=O) groups excluding carboxylic acids is 1. The van der Waals surface area contributed by atoms with Crippen LogP contribution in [0.15, 0.2) is 40.9 Å². The van der Waals surface area contributed by atoms with Crippen LogP contribution in [0, 0.1) is 31.4 Å². The Morgan fingerprint density at radius 3 is 2.49 bits per heavy atom. The number of alkyl halides is 2. The summed E-state index contributed by atoms with van der Waals surface area (Å²) >= 11 is 0. The molecule has 2 aliphatic rings. The average Bonchev–Trinajstić information content (AvgIpc) is 3.56. The van der Waals surface area contributed by atoms with Crippen LogP contribution in [0.5, 0.6) is 0 Å². The van der Waals surface area contributed by atoms with Crippen molar-refractivity contribution in [3.8, 4) is 11.1 Å². The molecular formula is C29H28F4N4O2. The molecule has 1 aliphatic heterocycles. The molecular weight excluding hydrogens is 512 g/mol. The van der Waals surface area contributed by atoms with E-state index in [1.165, 1.54) is 11.0 Å². The lowest BCUT2D eigenvalue weighted by molar-refractivity contribution is -0.117. The molecule has 10 heteroatoms. The fraction of sp³-hybridized carbons (Fsp3) is 0.414. The first kappa shape index (κ1) is 25.6. The Morgan fingerprint density at radius 2 is 1.79 bits per heavy atom. The Morgan fingerprint density at radius 1 is 1.03 bits per heavy atom. The van der Waals surface area contributed by atoms with E-state index < -0.39 is 23.6 Å². The molecule has 4 aromatic rings. The van der Waals surface area contributed by atoms with Crippen LogP contribution in [0.4, 0.5) is 23.2 Å². The summed E-state index contributed by atoms with van der Waals surface area (Å²) in [6.45, 7) is 4.18. The number of hydrogen-bond acceptors (Lipinski definition) is 4. The van der Waals surface area contributed by atoms with Gasteiger partial charge in [-0.3, -0.25) is 4.79 Å². The van der Waals surface area contributed by atoms with Gasteiger partial charge in [-0.05, 0) is 68.9 Å². The molecule has 1 saturated carbocycles. The lowest BCUT2D eigenvalue weighted by atomic mass is 9.86. The topological polar surface area (TPSA) is 64.2 Å². The molecule has 2 fully saturated rings. The summed E-state index contributed by atoms with van der Waals surface area (Å²) < 4.78 is 63.0. The number of anilines is 1. The smallest absolute Gasteiger partial charge is 0.248 e. The van der Waals surface area contributed by atoms with Crippen LogP contribution in [0.1, 0.15) is 61.8 Å². The molecule has 1 atom stereocenters. The Bertz CT molecular complexity index is 1550. The average molecular weight is 541 g/mol. The van der Waals surface area contributed by atoms with Crippen molar-refractivity contribution in [1.82, 2.24) is 14.7 Å². The molecule has 3 heterocycles. The zero-order valence-corrected chi connectivity index (χ0v) is 21.7. The fourth-order valence-corrected chi connectivity index (χ4v) is 6.07. The summed E-state index contributed by atoms with van der Waals surface area (Å²) in [5.74, 6) is -3.56. The first-order valence-electron chi connectivity index (χ1n) is 13.2. The fourth-order valence-electron chi connectivity index (χ4n) is 6.07. The monoisotopic (exact) mass is 540 g/mol.